The van der Waals surface area contributed by atoms with Gasteiger partial charge in [0.15, 0.2) is 0 Å². The number of carbonyl (C=O) groups excluding carboxylic acids is 1. The third kappa shape index (κ3) is 3.55. The minimum absolute atomic E-state index is 0.0320. The topological polar surface area (TPSA) is 77.1 Å². The van der Waals surface area contributed by atoms with Crippen molar-refractivity contribution < 1.29 is 9.32 Å². The second-order valence-corrected chi connectivity index (χ2v) is 9.50. The molecule has 1 aliphatic carbocycles. The maximum atomic E-state index is 13.5. The number of fused-ring (bicyclic) bond motifs is 3. The van der Waals surface area contributed by atoms with Crippen molar-refractivity contribution in [1.82, 2.24) is 15.0 Å². The molecule has 3 aromatic heterocycles. The molecule has 1 saturated carbocycles. The van der Waals surface area contributed by atoms with E-state index in [2.05, 4.69) is 10.5 Å². The fraction of sp³-hybridized carbons (Fsp3) is 0.348. The average molecular weight is 456 g/mol. The Morgan fingerprint density at radius 2 is 2.16 bits per heavy atom. The molecule has 1 aliphatic rings. The average Bonchev–Trinajstić information content (AvgIpc) is 3.43. The third-order valence-electron chi connectivity index (χ3n) is 6.20. The number of pyridine rings is 1. The number of thiophene rings is 1. The molecule has 4 aromatic rings. The van der Waals surface area contributed by atoms with E-state index in [0.29, 0.717) is 34.1 Å². The summed E-state index contributed by atoms with van der Waals surface area (Å²) >= 11 is 7.97. The fourth-order valence-corrected chi connectivity index (χ4v) is 5.65. The number of aryl methyl sites for hydroxylation is 1. The molecule has 1 fully saturated rings. The number of hydrogen-bond donors (Lipinski definition) is 1. The molecule has 0 radical (unpaired) electrons. The summed E-state index contributed by atoms with van der Waals surface area (Å²) in [4.78, 5) is 26.6. The van der Waals surface area contributed by atoms with Gasteiger partial charge >= 0.3 is 0 Å². The standard InChI is InChI=1S/C23H22ClN3O3S/c1-13-19-21(26-30-13)20-16(24)7-3-8-17(20)27(23(19)29)15-6-2-5-14(11-15)12-25-22(28)18-9-4-10-31-18/h3-4,7-10,14-15H,2,5-6,11-12H2,1H3,(H,25,28). The van der Waals surface area contributed by atoms with E-state index in [4.69, 9.17) is 16.1 Å². The Bertz CT molecular complexity index is 1330. The summed E-state index contributed by atoms with van der Waals surface area (Å²) < 4.78 is 7.23. The maximum Gasteiger partial charge on any atom is 0.264 e. The van der Waals surface area contributed by atoms with Crippen molar-refractivity contribution in [2.24, 2.45) is 5.92 Å². The Morgan fingerprint density at radius 1 is 1.29 bits per heavy atom. The Labute approximate surface area is 187 Å². The summed E-state index contributed by atoms with van der Waals surface area (Å²) in [5.74, 6) is 0.780. The van der Waals surface area contributed by atoms with Gasteiger partial charge in [-0.1, -0.05) is 35.3 Å². The summed E-state index contributed by atoms with van der Waals surface area (Å²) in [6, 6.07) is 9.34. The SMILES string of the molecule is Cc1onc2c1c(=O)n(C1CCCC(CNC(=O)c3cccs3)C1)c1cccc(Cl)c21. The first-order valence-electron chi connectivity index (χ1n) is 10.4. The van der Waals surface area contributed by atoms with Crippen LogP contribution in [-0.2, 0) is 0 Å². The van der Waals surface area contributed by atoms with E-state index in [0.717, 1.165) is 41.5 Å². The molecule has 2 unspecified atom stereocenters. The minimum atomic E-state index is -0.0863. The number of carbonyl (C=O) groups is 1. The number of benzene rings is 1. The van der Waals surface area contributed by atoms with Gasteiger partial charge in [0.1, 0.15) is 16.7 Å². The highest BCUT2D eigenvalue weighted by atomic mass is 35.5. The van der Waals surface area contributed by atoms with E-state index in [-0.39, 0.29) is 17.5 Å². The Hall–Kier alpha value is -2.64. The van der Waals surface area contributed by atoms with Gasteiger partial charge in [0.2, 0.25) is 0 Å². The van der Waals surface area contributed by atoms with Gasteiger partial charge in [0.05, 0.1) is 15.4 Å². The molecular formula is C23H22ClN3O3S. The molecule has 3 heterocycles. The zero-order valence-corrected chi connectivity index (χ0v) is 18.6. The number of amides is 1. The summed E-state index contributed by atoms with van der Waals surface area (Å²) in [6.07, 6.45) is 3.76. The predicted octanol–water partition coefficient (Wildman–Crippen LogP) is 5.33. The van der Waals surface area contributed by atoms with Crippen LogP contribution in [0.25, 0.3) is 21.8 Å². The molecule has 1 aromatic carbocycles. The normalized spacial score (nSPS) is 19.2. The summed E-state index contributed by atoms with van der Waals surface area (Å²) in [5.41, 5.74) is 1.22. The van der Waals surface area contributed by atoms with Crippen LogP contribution in [0.3, 0.4) is 0 Å². The van der Waals surface area contributed by atoms with Crippen molar-refractivity contribution in [2.75, 3.05) is 6.54 Å². The van der Waals surface area contributed by atoms with E-state index >= 15 is 0 Å². The van der Waals surface area contributed by atoms with Gasteiger partial charge in [-0.05, 0) is 55.7 Å². The van der Waals surface area contributed by atoms with E-state index in [1.807, 2.05) is 40.3 Å². The van der Waals surface area contributed by atoms with Gasteiger partial charge in [0.25, 0.3) is 11.5 Å². The second-order valence-electron chi connectivity index (χ2n) is 8.15. The highest BCUT2D eigenvalue weighted by Crippen LogP contribution is 2.36. The zero-order chi connectivity index (χ0) is 21.5. The number of rotatable bonds is 4. The van der Waals surface area contributed by atoms with Gasteiger partial charge in [-0.25, -0.2) is 0 Å². The molecule has 160 valence electrons. The Morgan fingerprint density at radius 3 is 2.97 bits per heavy atom. The van der Waals surface area contributed by atoms with Crippen molar-refractivity contribution >= 4 is 50.7 Å². The van der Waals surface area contributed by atoms with E-state index < -0.39 is 0 Å². The van der Waals surface area contributed by atoms with Crippen LogP contribution in [0.4, 0.5) is 0 Å². The van der Waals surface area contributed by atoms with Crippen molar-refractivity contribution in [3.8, 4) is 0 Å². The van der Waals surface area contributed by atoms with Crippen LogP contribution in [0.5, 0.6) is 0 Å². The lowest BCUT2D eigenvalue weighted by Crippen LogP contribution is -2.34. The third-order valence-corrected chi connectivity index (χ3v) is 7.38. The molecule has 6 nitrogen and oxygen atoms in total. The van der Waals surface area contributed by atoms with E-state index in [1.54, 1.807) is 6.92 Å². The predicted molar refractivity (Wildman–Crippen MR) is 123 cm³/mol. The van der Waals surface area contributed by atoms with Crippen molar-refractivity contribution in [1.29, 1.82) is 0 Å². The lowest BCUT2D eigenvalue weighted by Gasteiger charge is -2.31. The molecule has 0 aliphatic heterocycles. The van der Waals surface area contributed by atoms with Crippen molar-refractivity contribution in [3.63, 3.8) is 0 Å². The number of hydrogen-bond acceptors (Lipinski definition) is 5. The van der Waals surface area contributed by atoms with E-state index in [9.17, 15) is 9.59 Å². The summed E-state index contributed by atoms with van der Waals surface area (Å²) in [5, 5.41) is 10.9. The largest absolute Gasteiger partial charge is 0.360 e. The molecule has 0 saturated heterocycles. The molecule has 0 spiro atoms. The van der Waals surface area contributed by atoms with Crippen LogP contribution >= 0.6 is 22.9 Å². The van der Waals surface area contributed by atoms with Crippen LogP contribution in [0, 0.1) is 12.8 Å². The molecule has 8 heteroatoms. The van der Waals surface area contributed by atoms with Gasteiger partial charge < -0.3 is 14.4 Å². The first-order chi connectivity index (χ1) is 15.0. The quantitative estimate of drug-likeness (QED) is 0.451. The van der Waals surface area contributed by atoms with Crippen LogP contribution < -0.4 is 10.9 Å². The first-order valence-corrected chi connectivity index (χ1v) is 11.7. The van der Waals surface area contributed by atoms with Gasteiger partial charge in [-0.2, -0.15) is 0 Å². The zero-order valence-electron chi connectivity index (χ0n) is 17.1. The molecule has 2 atom stereocenters. The lowest BCUT2D eigenvalue weighted by molar-refractivity contribution is 0.0944. The van der Waals surface area contributed by atoms with Crippen molar-refractivity contribution in [2.45, 2.75) is 38.6 Å². The van der Waals surface area contributed by atoms with Gasteiger partial charge in [-0.3, -0.25) is 9.59 Å². The summed E-state index contributed by atoms with van der Waals surface area (Å²) in [7, 11) is 0. The smallest absolute Gasteiger partial charge is 0.264 e. The fourth-order valence-electron chi connectivity index (χ4n) is 4.75. The van der Waals surface area contributed by atoms with Crippen LogP contribution in [-0.4, -0.2) is 22.2 Å². The van der Waals surface area contributed by atoms with Crippen molar-refractivity contribution in [3.05, 3.63) is 61.7 Å². The monoisotopic (exact) mass is 455 g/mol. The van der Waals surface area contributed by atoms with E-state index in [1.165, 1.54) is 11.3 Å². The van der Waals surface area contributed by atoms with Crippen LogP contribution in [0.2, 0.25) is 5.02 Å². The number of nitrogens with zero attached hydrogens (tertiary/aromatic N) is 2. The molecule has 0 bridgehead atoms. The maximum absolute atomic E-state index is 13.5. The summed E-state index contributed by atoms with van der Waals surface area (Å²) in [6.45, 7) is 2.36. The molecule has 5 rings (SSSR count). The Balaban J connectivity index is 1.49. The lowest BCUT2D eigenvalue weighted by atomic mass is 9.85. The van der Waals surface area contributed by atoms with Gasteiger partial charge in [-0.15, -0.1) is 11.3 Å². The number of halogens is 1. The highest BCUT2D eigenvalue weighted by molar-refractivity contribution is 7.12. The molecular weight excluding hydrogens is 434 g/mol. The second kappa shape index (κ2) is 8.13. The van der Waals surface area contributed by atoms with Crippen LogP contribution in [0.15, 0.2) is 45.0 Å². The number of aromatic nitrogens is 2. The molecule has 1 amide bonds. The van der Waals surface area contributed by atoms with Gasteiger partial charge in [0, 0.05) is 18.0 Å². The minimum Gasteiger partial charge on any atom is -0.360 e. The highest BCUT2D eigenvalue weighted by Gasteiger charge is 2.28. The first kappa shape index (κ1) is 20.3. The Kier molecular flexibility index (Phi) is 5.32. The number of nitrogens with one attached hydrogen (secondary N) is 1. The molecule has 31 heavy (non-hydrogen) atoms. The van der Waals surface area contributed by atoms with Crippen LogP contribution in [0.1, 0.15) is 47.2 Å². The molecule has 1 N–H and O–H groups in total.